The monoisotopic (exact) mass is 425 g/mol. The Morgan fingerprint density at radius 3 is 2.03 bits per heavy atom. The van der Waals surface area contributed by atoms with Crippen LogP contribution < -0.4 is 14.8 Å². The molecule has 0 spiro atoms. The van der Waals surface area contributed by atoms with Gasteiger partial charge in [0.25, 0.3) is 5.91 Å². The lowest BCUT2D eigenvalue weighted by molar-refractivity contribution is 0.102. The van der Waals surface area contributed by atoms with Gasteiger partial charge in [-0.25, -0.2) is 9.97 Å². The van der Waals surface area contributed by atoms with Crippen molar-refractivity contribution in [3.05, 3.63) is 96.3 Å². The number of rotatable bonds is 7. The first kappa shape index (κ1) is 21.1. The zero-order valence-corrected chi connectivity index (χ0v) is 17.9. The summed E-state index contributed by atoms with van der Waals surface area (Å²) in [7, 11) is 1.61. The minimum Gasteiger partial charge on any atom is -0.497 e. The van der Waals surface area contributed by atoms with Crippen molar-refractivity contribution in [2.75, 3.05) is 12.4 Å². The fourth-order valence-electron chi connectivity index (χ4n) is 3.11. The number of ether oxygens (including phenoxy) is 2. The van der Waals surface area contributed by atoms with Crippen LogP contribution in [0.3, 0.4) is 0 Å². The van der Waals surface area contributed by atoms with Crippen molar-refractivity contribution in [2.45, 2.75) is 13.3 Å². The molecule has 1 heterocycles. The van der Waals surface area contributed by atoms with E-state index in [1.807, 2.05) is 48.5 Å². The molecule has 0 aliphatic carbocycles. The van der Waals surface area contributed by atoms with E-state index in [0.29, 0.717) is 11.3 Å². The van der Waals surface area contributed by atoms with Crippen LogP contribution in [0.1, 0.15) is 22.8 Å². The Morgan fingerprint density at radius 1 is 0.812 bits per heavy atom. The van der Waals surface area contributed by atoms with Gasteiger partial charge in [-0.2, -0.15) is 0 Å². The number of aryl methyl sites for hydroxylation is 1. The molecule has 6 nitrogen and oxygen atoms in total. The summed E-state index contributed by atoms with van der Waals surface area (Å²) in [5.74, 6) is 1.22. The number of aromatic nitrogens is 2. The third kappa shape index (κ3) is 5.10. The Morgan fingerprint density at radius 2 is 1.44 bits per heavy atom. The maximum atomic E-state index is 12.5. The van der Waals surface area contributed by atoms with Crippen molar-refractivity contribution in [1.29, 1.82) is 0 Å². The molecule has 0 aliphatic heterocycles. The minimum atomic E-state index is -0.153. The van der Waals surface area contributed by atoms with Gasteiger partial charge in [-0.3, -0.25) is 4.79 Å². The molecule has 1 aromatic heterocycles. The van der Waals surface area contributed by atoms with Gasteiger partial charge in [0.15, 0.2) is 0 Å². The molecule has 0 atom stereocenters. The summed E-state index contributed by atoms with van der Waals surface area (Å²) < 4.78 is 10.8. The zero-order chi connectivity index (χ0) is 22.3. The molecular weight excluding hydrogens is 402 g/mol. The van der Waals surface area contributed by atoms with Crippen LogP contribution in [0.5, 0.6) is 17.5 Å². The predicted octanol–water partition coefficient (Wildman–Crippen LogP) is 5.76. The number of nitrogens with zero attached hydrogens (tertiary/aromatic N) is 2. The number of hydrogen-bond acceptors (Lipinski definition) is 5. The van der Waals surface area contributed by atoms with E-state index in [1.165, 1.54) is 5.56 Å². The second kappa shape index (κ2) is 9.75. The van der Waals surface area contributed by atoms with Gasteiger partial charge in [0.1, 0.15) is 11.5 Å². The van der Waals surface area contributed by atoms with E-state index in [0.717, 1.165) is 29.0 Å². The van der Waals surface area contributed by atoms with Gasteiger partial charge in [-0.15, -0.1) is 0 Å². The van der Waals surface area contributed by atoms with Crippen LogP contribution in [0.15, 0.2) is 85.2 Å². The Bertz CT molecular complexity index is 1170. The largest absolute Gasteiger partial charge is 0.497 e. The molecule has 3 aromatic carbocycles. The fraction of sp³-hybridized carbons (Fsp3) is 0.115. The number of anilines is 1. The van der Waals surface area contributed by atoms with Crippen LogP contribution in [0, 0.1) is 0 Å². The Hall–Kier alpha value is -4.19. The number of benzene rings is 3. The normalized spacial score (nSPS) is 10.4. The van der Waals surface area contributed by atoms with Crippen LogP contribution in [0.2, 0.25) is 0 Å². The summed E-state index contributed by atoms with van der Waals surface area (Å²) in [4.78, 5) is 21.1. The predicted molar refractivity (Wildman–Crippen MR) is 124 cm³/mol. The summed E-state index contributed by atoms with van der Waals surface area (Å²) in [5.41, 5.74) is 4.32. The first-order chi connectivity index (χ1) is 15.6. The zero-order valence-electron chi connectivity index (χ0n) is 17.9. The summed E-state index contributed by atoms with van der Waals surface area (Å²) >= 11 is 0. The van der Waals surface area contributed by atoms with Gasteiger partial charge in [0.2, 0.25) is 0 Å². The van der Waals surface area contributed by atoms with E-state index in [2.05, 4.69) is 22.2 Å². The lowest BCUT2D eigenvalue weighted by Gasteiger charge is -2.08. The topological polar surface area (TPSA) is 73.3 Å². The third-order valence-corrected chi connectivity index (χ3v) is 5.00. The van der Waals surface area contributed by atoms with E-state index in [4.69, 9.17) is 9.47 Å². The standard InChI is InChI=1S/C26H23N3O3/c1-3-18-4-10-22(11-5-18)29-25(30)20-8-6-19(7-9-20)21-16-27-26(28-17-21)32-24-14-12-23(31-2)13-15-24/h4-17H,3H2,1-2H3,(H,29,30). The van der Waals surface area contributed by atoms with E-state index in [-0.39, 0.29) is 11.9 Å². The molecule has 0 saturated heterocycles. The Kier molecular flexibility index (Phi) is 6.41. The number of methoxy groups -OCH3 is 1. The summed E-state index contributed by atoms with van der Waals surface area (Å²) in [6, 6.07) is 22.6. The van der Waals surface area contributed by atoms with E-state index >= 15 is 0 Å². The molecule has 1 N–H and O–H groups in total. The molecular formula is C26H23N3O3. The van der Waals surface area contributed by atoms with Crippen molar-refractivity contribution >= 4 is 11.6 Å². The maximum absolute atomic E-state index is 12.5. The molecule has 160 valence electrons. The average molecular weight is 425 g/mol. The van der Waals surface area contributed by atoms with Gasteiger partial charge >= 0.3 is 6.01 Å². The van der Waals surface area contributed by atoms with E-state index in [9.17, 15) is 4.79 Å². The van der Waals surface area contributed by atoms with Crippen LogP contribution >= 0.6 is 0 Å². The van der Waals surface area contributed by atoms with Crippen molar-refractivity contribution in [1.82, 2.24) is 9.97 Å². The highest BCUT2D eigenvalue weighted by Crippen LogP contribution is 2.23. The van der Waals surface area contributed by atoms with Crippen molar-refractivity contribution < 1.29 is 14.3 Å². The van der Waals surface area contributed by atoms with Crippen LogP contribution in [0.25, 0.3) is 11.1 Å². The molecule has 0 radical (unpaired) electrons. The number of nitrogens with one attached hydrogen (secondary N) is 1. The molecule has 4 aromatic rings. The second-order valence-electron chi connectivity index (χ2n) is 7.11. The van der Waals surface area contributed by atoms with Gasteiger partial charge < -0.3 is 14.8 Å². The molecule has 0 aliphatic rings. The number of carbonyl (C=O) groups is 1. The van der Waals surface area contributed by atoms with E-state index < -0.39 is 0 Å². The first-order valence-electron chi connectivity index (χ1n) is 10.3. The van der Waals surface area contributed by atoms with Crippen molar-refractivity contribution in [2.24, 2.45) is 0 Å². The average Bonchev–Trinajstić information content (AvgIpc) is 2.85. The molecule has 32 heavy (non-hydrogen) atoms. The lowest BCUT2D eigenvalue weighted by atomic mass is 10.1. The number of amides is 1. The molecule has 0 bridgehead atoms. The van der Waals surface area contributed by atoms with Gasteiger partial charge in [0, 0.05) is 29.2 Å². The summed E-state index contributed by atoms with van der Waals surface area (Å²) in [5, 5.41) is 2.92. The Labute approximate surface area is 186 Å². The fourth-order valence-corrected chi connectivity index (χ4v) is 3.11. The van der Waals surface area contributed by atoms with Crippen LogP contribution in [0.4, 0.5) is 5.69 Å². The highest BCUT2D eigenvalue weighted by atomic mass is 16.5. The van der Waals surface area contributed by atoms with Gasteiger partial charge in [-0.05, 0) is 66.1 Å². The summed E-state index contributed by atoms with van der Waals surface area (Å²) in [6.07, 6.45) is 4.35. The highest BCUT2D eigenvalue weighted by molar-refractivity contribution is 6.04. The minimum absolute atomic E-state index is 0.153. The lowest BCUT2D eigenvalue weighted by Crippen LogP contribution is -2.11. The van der Waals surface area contributed by atoms with E-state index in [1.54, 1.807) is 43.8 Å². The van der Waals surface area contributed by atoms with Crippen molar-refractivity contribution in [3.8, 4) is 28.6 Å². The number of hydrogen-bond donors (Lipinski definition) is 1. The van der Waals surface area contributed by atoms with Crippen LogP contribution in [-0.2, 0) is 6.42 Å². The van der Waals surface area contributed by atoms with Gasteiger partial charge in [0.05, 0.1) is 7.11 Å². The maximum Gasteiger partial charge on any atom is 0.321 e. The molecule has 0 saturated carbocycles. The molecule has 4 rings (SSSR count). The molecule has 0 fully saturated rings. The Balaban J connectivity index is 1.39. The third-order valence-electron chi connectivity index (χ3n) is 5.00. The second-order valence-corrected chi connectivity index (χ2v) is 7.11. The summed E-state index contributed by atoms with van der Waals surface area (Å²) in [6.45, 7) is 2.10. The first-order valence-corrected chi connectivity index (χ1v) is 10.3. The van der Waals surface area contributed by atoms with Gasteiger partial charge in [-0.1, -0.05) is 31.2 Å². The van der Waals surface area contributed by atoms with Crippen LogP contribution in [-0.4, -0.2) is 23.0 Å². The highest BCUT2D eigenvalue weighted by Gasteiger charge is 2.08. The molecule has 6 heteroatoms. The van der Waals surface area contributed by atoms with Crippen molar-refractivity contribution in [3.63, 3.8) is 0 Å². The molecule has 1 amide bonds. The molecule has 0 unspecified atom stereocenters. The SMILES string of the molecule is CCc1ccc(NC(=O)c2ccc(-c3cnc(Oc4ccc(OC)cc4)nc3)cc2)cc1. The quantitative estimate of drug-likeness (QED) is 0.408. The number of carbonyl (C=O) groups excluding carboxylic acids is 1. The smallest absolute Gasteiger partial charge is 0.321 e.